The molecular formula is C26H27NO3. The Bertz CT molecular complexity index is 964. The van der Waals surface area contributed by atoms with E-state index in [1.807, 2.05) is 24.3 Å². The number of aryl methyl sites for hydroxylation is 1. The lowest BCUT2D eigenvalue weighted by molar-refractivity contribution is -0.136. The second kappa shape index (κ2) is 9.57. The molecule has 4 rings (SSSR count). The van der Waals surface area contributed by atoms with Crippen LogP contribution in [-0.2, 0) is 22.4 Å². The van der Waals surface area contributed by atoms with Crippen LogP contribution in [0.4, 0.5) is 0 Å². The van der Waals surface area contributed by atoms with Crippen molar-refractivity contribution in [2.24, 2.45) is 16.8 Å². The molecule has 1 aromatic carbocycles. The average molecular weight is 402 g/mol. The minimum Gasteiger partial charge on any atom is -0.488 e. The molecule has 4 nitrogen and oxygen atoms in total. The highest BCUT2D eigenvalue weighted by Crippen LogP contribution is 2.24. The van der Waals surface area contributed by atoms with Gasteiger partial charge in [-0.1, -0.05) is 60.7 Å². The summed E-state index contributed by atoms with van der Waals surface area (Å²) in [5.74, 6) is 0.930. The number of fused-ring (bicyclic) bond motifs is 1. The third kappa shape index (κ3) is 5.26. The van der Waals surface area contributed by atoms with Gasteiger partial charge in [0.25, 0.3) is 0 Å². The van der Waals surface area contributed by atoms with Crippen molar-refractivity contribution in [2.75, 3.05) is 6.61 Å². The number of carbonyl (C=O) groups is 1. The lowest BCUT2D eigenvalue weighted by Crippen LogP contribution is -2.22. The Hall–Kier alpha value is -3.14. The predicted molar refractivity (Wildman–Crippen MR) is 120 cm³/mol. The van der Waals surface area contributed by atoms with Crippen molar-refractivity contribution < 1.29 is 14.6 Å². The average Bonchev–Trinajstić information content (AvgIpc) is 2.77. The Kier molecular flexibility index (Phi) is 6.43. The molecule has 0 bridgehead atoms. The van der Waals surface area contributed by atoms with Crippen LogP contribution in [0.3, 0.4) is 0 Å². The Morgan fingerprint density at radius 1 is 1.07 bits per heavy atom. The van der Waals surface area contributed by atoms with Crippen LogP contribution in [-0.4, -0.2) is 29.4 Å². The zero-order valence-corrected chi connectivity index (χ0v) is 17.0. The summed E-state index contributed by atoms with van der Waals surface area (Å²) < 4.78 is 5.96. The van der Waals surface area contributed by atoms with E-state index in [4.69, 9.17) is 14.8 Å². The summed E-state index contributed by atoms with van der Waals surface area (Å²) in [5.41, 5.74) is 3.02. The first-order chi connectivity index (χ1) is 14.7. The normalized spacial score (nSPS) is 24.2. The van der Waals surface area contributed by atoms with Crippen molar-refractivity contribution in [1.29, 1.82) is 0 Å². The van der Waals surface area contributed by atoms with E-state index < -0.39 is 5.97 Å². The number of carboxylic acid groups (broad SMARTS) is 1. The molecule has 30 heavy (non-hydrogen) atoms. The summed E-state index contributed by atoms with van der Waals surface area (Å²) in [6.07, 6.45) is 22.0. The molecule has 0 saturated carbocycles. The topological polar surface area (TPSA) is 58.9 Å². The molecule has 0 radical (unpaired) electrons. The predicted octanol–water partition coefficient (Wildman–Crippen LogP) is 4.84. The fourth-order valence-corrected chi connectivity index (χ4v) is 4.06. The van der Waals surface area contributed by atoms with Gasteiger partial charge in [-0.3, -0.25) is 9.79 Å². The minimum absolute atomic E-state index is 0.0839. The highest BCUT2D eigenvalue weighted by atomic mass is 16.5. The van der Waals surface area contributed by atoms with Crippen LogP contribution in [0.5, 0.6) is 0 Å². The second-order valence-corrected chi connectivity index (χ2v) is 7.95. The summed E-state index contributed by atoms with van der Waals surface area (Å²) in [5, 5.41) is 9.09. The van der Waals surface area contributed by atoms with Gasteiger partial charge in [-0.15, -0.1) is 0 Å². The van der Waals surface area contributed by atoms with Gasteiger partial charge in [0.15, 0.2) is 0 Å². The Morgan fingerprint density at radius 3 is 2.70 bits per heavy atom. The van der Waals surface area contributed by atoms with E-state index in [-0.39, 0.29) is 12.5 Å². The molecular weight excluding hydrogens is 374 g/mol. The van der Waals surface area contributed by atoms with Gasteiger partial charge < -0.3 is 9.84 Å². The van der Waals surface area contributed by atoms with E-state index in [0.29, 0.717) is 18.4 Å². The summed E-state index contributed by atoms with van der Waals surface area (Å²) in [4.78, 5) is 15.8. The van der Waals surface area contributed by atoms with Gasteiger partial charge in [-0.2, -0.15) is 0 Å². The number of allylic oxidation sites excluding steroid dienone is 5. The van der Waals surface area contributed by atoms with Crippen molar-refractivity contribution in [3.05, 3.63) is 95.8 Å². The van der Waals surface area contributed by atoms with Crippen molar-refractivity contribution >= 4 is 11.7 Å². The molecule has 0 spiro atoms. The number of nitrogens with zero attached hydrogens (tertiary/aromatic N) is 1. The molecule has 0 amide bonds. The summed E-state index contributed by atoms with van der Waals surface area (Å²) in [6, 6.07) is 8.03. The quantitative estimate of drug-likeness (QED) is 0.678. The molecule has 3 aliphatic rings. The van der Waals surface area contributed by atoms with E-state index >= 15 is 0 Å². The van der Waals surface area contributed by atoms with Gasteiger partial charge in [0.05, 0.1) is 18.2 Å². The third-order valence-electron chi connectivity index (χ3n) is 5.76. The van der Waals surface area contributed by atoms with E-state index in [2.05, 4.69) is 54.7 Å². The van der Waals surface area contributed by atoms with Crippen LogP contribution in [0.2, 0.25) is 0 Å². The van der Waals surface area contributed by atoms with Crippen LogP contribution in [0.1, 0.15) is 24.0 Å². The van der Waals surface area contributed by atoms with Crippen LogP contribution < -0.4 is 0 Å². The van der Waals surface area contributed by atoms with Crippen LogP contribution in [0, 0.1) is 11.8 Å². The fourth-order valence-electron chi connectivity index (χ4n) is 4.06. The van der Waals surface area contributed by atoms with Crippen molar-refractivity contribution in [1.82, 2.24) is 0 Å². The number of hydrogen-bond acceptors (Lipinski definition) is 3. The van der Waals surface area contributed by atoms with Gasteiger partial charge in [0.2, 0.25) is 0 Å². The lowest BCUT2D eigenvalue weighted by atomic mass is 9.91. The van der Waals surface area contributed by atoms with E-state index in [1.54, 1.807) is 0 Å². The molecule has 1 heterocycles. The number of aliphatic carboxylic acids is 1. The van der Waals surface area contributed by atoms with Gasteiger partial charge in [0, 0.05) is 5.92 Å². The number of rotatable bonds is 8. The van der Waals surface area contributed by atoms with E-state index in [9.17, 15) is 4.79 Å². The lowest BCUT2D eigenvalue weighted by Gasteiger charge is -2.23. The van der Waals surface area contributed by atoms with Gasteiger partial charge in [0.1, 0.15) is 12.4 Å². The van der Waals surface area contributed by atoms with Gasteiger partial charge in [-0.05, 0) is 54.5 Å². The smallest absolute Gasteiger partial charge is 0.307 e. The highest BCUT2D eigenvalue weighted by Gasteiger charge is 2.19. The van der Waals surface area contributed by atoms with Crippen LogP contribution in [0.25, 0.3) is 0 Å². The molecule has 1 aromatic rings. The summed E-state index contributed by atoms with van der Waals surface area (Å²) >= 11 is 0. The maximum atomic E-state index is 11.1. The maximum absolute atomic E-state index is 11.1. The first-order valence-electron chi connectivity index (χ1n) is 10.6. The molecule has 2 aliphatic carbocycles. The molecule has 1 aliphatic heterocycles. The molecule has 1 N–H and O–H groups in total. The Labute approximate surface area is 177 Å². The number of dihydropyridines is 1. The second-order valence-electron chi connectivity index (χ2n) is 7.95. The number of hydrogen-bond donors (Lipinski definition) is 1. The maximum Gasteiger partial charge on any atom is 0.307 e. The summed E-state index contributed by atoms with van der Waals surface area (Å²) in [6.45, 7) is 0.487. The number of ether oxygens (including phenoxy) is 1. The highest BCUT2D eigenvalue weighted by molar-refractivity contribution is 5.97. The number of aliphatic imine (C=N–C) groups is 1. The molecule has 0 saturated heterocycles. The monoisotopic (exact) mass is 401 g/mol. The Morgan fingerprint density at radius 2 is 1.90 bits per heavy atom. The van der Waals surface area contributed by atoms with Gasteiger partial charge in [-0.25, -0.2) is 0 Å². The van der Waals surface area contributed by atoms with Crippen LogP contribution in [0.15, 0.2) is 89.7 Å². The first-order valence-corrected chi connectivity index (χ1v) is 10.6. The van der Waals surface area contributed by atoms with Crippen LogP contribution >= 0.6 is 0 Å². The summed E-state index contributed by atoms with van der Waals surface area (Å²) in [7, 11) is 0. The van der Waals surface area contributed by atoms with Crippen molar-refractivity contribution in [2.45, 2.75) is 31.7 Å². The molecule has 0 fully saturated rings. The molecule has 3 atom stereocenters. The fraction of sp³-hybridized carbons (Fsp3) is 0.308. The first kappa shape index (κ1) is 20.1. The largest absolute Gasteiger partial charge is 0.488 e. The number of benzene rings is 1. The Balaban J connectivity index is 1.25. The van der Waals surface area contributed by atoms with E-state index in [0.717, 1.165) is 41.9 Å². The van der Waals surface area contributed by atoms with E-state index in [1.165, 1.54) is 0 Å². The zero-order chi connectivity index (χ0) is 20.8. The minimum atomic E-state index is -0.784. The molecule has 154 valence electrons. The third-order valence-corrected chi connectivity index (χ3v) is 5.76. The number of carboxylic acids is 1. The van der Waals surface area contributed by atoms with Crippen molar-refractivity contribution in [3.8, 4) is 0 Å². The SMILES string of the molecule is O=C(O)Cc1ccccc1CCC1C=CC(OCC2=NC3C=CC=CC3C=C2)=CC1. The standard InChI is InChI=1S/C26H27NO3/c28-26(29)17-22-7-2-1-5-20(22)12-9-19-10-15-24(16-11-19)30-18-23-14-13-21-6-3-4-8-25(21)27-23/h1-8,10,13-16,19,21,25H,9,11-12,17-18H2,(H,28,29). The van der Waals surface area contributed by atoms with Crippen molar-refractivity contribution in [3.63, 3.8) is 0 Å². The molecule has 0 aromatic heterocycles. The molecule has 4 heteroatoms. The van der Waals surface area contributed by atoms with Gasteiger partial charge >= 0.3 is 5.97 Å². The zero-order valence-electron chi connectivity index (χ0n) is 17.0. The molecule has 3 unspecified atom stereocenters.